The number of allylic oxidation sites excluding steroid dienone is 1. The third kappa shape index (κ3) is 5.21. The molecule has 0 unspecified atom stereocenters. The van der Waals surface area contributed by atoms with Gasteiger partial charge in [-0.2, -0.15) is 0 Å². The Kier molecular flexibility index (Phi) is 7.93. The molecule has 3 nitrogen and oxygen atoms in total. The summed E-state index contributed by atoms with van der Waals surface area (Å²) in [6.45, 7) is 4.52. The molecule has 230 valence electrons. The molecule has 1 aromatic heterocycles. The first-order chi connectivity index (χ1) is 23.7. The van der Waals surface area contributed by atoms with Crippen LogP contribution in [0.3, 0.4) is 0 Å². The van der Waals surface area contributed by atoms with E-state index in [1.807, 2.05) is 24.3 Å². The largest absolute Gasteiger partial charge is 0.293 e. The van der Waals surface area contributed by atoms with Gasteiger partial charge in [0, 0.05) is 32.9 Å². The molecule has 8 rings (SSSR count). The Labute approximate surface area is 284 Å². The third-order valence-corrected chi connectivity index (χ3v) is 9.84. The lowest BCUT2D eigenvalue weighted by molar-refractivity contribution is 1.05. The van der Waals surface area contributed by atoms with Crippen molar-refractivity contribution in [2.24, 2.45) is 9.98 Å². The Balaban J connectivity index is 1.58. The van der Waals surface area contributed by atoms with Crippen LogP contribution in [0, 0.1) is 0 Å². The molecule has 0 amide bonds. The minimum absolute atomic E-state index is 0.519. The smallest absolute Gasteiger partial charge is 0.135 e. The molecule has 4 heteroatoms. The quantitative estimate of drug-likeness (QED) is 0.0973. The zero-order chi connectivity index (χ0) is 32.5. The van der Waals surface area contributed by atoms with Crippen molar-refractivity contribution in [1.29, 1.82) is 0 Å². The zero-order valence-corrected chi connectivity index (χ0v) is 27.5. The topological polar surface area (TPSA) is 29.6 Å². The minimum atomic E-state index is 0.519. The van der Waals surface area contributed by atoms with Crippen LogP contribution in [0.25, 0.3) is 60.2 Å². The maximum absolute atomic E-state index is 5.40. The summed E-state index contributed by atoms with van der Waals surface area (Å²) in [5.41, 5.74) is 7.49. The van der Waals surface area contributed by atoms with E-state index in [4.69, 9.17) is 4.99 Å². The fraction of sp³-hybridized carbons (Fsp3) is 0.0455. The normalized spacial score (nSPS) is 12.4. The predicted octanol–water partition coefficient (Wildman–Crippen LogP) is 11.7. The Hall–Kier alpha value is -5.71. The molecule has 48 heavy (non-hydrogen) atoms. The predicted molar refractivity (Wildman–Crippen MR) is 209 cm³/mol. The van der Waals surface area contributed by atoms with Crippen molar-refractivity contribution >= 4 is 73.4 Å². The van der Waals surface area contributed by atoms with Crippen LogP contribution in [-0.2, 0) is 6.54 Å². The van der Waals surface area contributed by atoms with Crippen LogP contribution in [0.1, 0.15) is 11.1 Å². The van der Waals surface area contributed by atoms with Gasteiger partial charge in [0.05, 0.1) is 23.3 Å². The first-order valence-corrected chi connectivity index (χ1v) is 17.3. The molecule has 0 atom stereocenters. The first-order valence-electron chi connectivity index (χ1n) is 16.1. The number of fused-ring (bicyclic) bond motifs is 7. The molecule has 0 N–H and O–H groups in total. The molecule has 0 saturated heterocycles. The highest BCUT2D eigenvalue weighted by Crippen LogP contribution is 2.45. The van der Waals surface area contributed by atoms with Crippen molar-refractivity contribution in [1.82, 2.24) is 4.57 Å². The standard InChI is InChI=1S/C44H33N3S/c1-45-38(32-18-7-4-8-19-32)28-41(46-29-30-15-5-3-6-16-30)47-39-26-25-31-17-9-11-21-34(31)42(39)43-35-22-12-10-20-33(35)27-37(44(43)47)36-23-13-14-24-40(36)48-2/h3-28H,1,29H2,2H3/b38-28-,46-41?. The van der Waals surface area contributed by atoms with Crippen molar-refractivity contribution in [3.05, 3.63) is 169 Å². The van der Waals surface area contributed by atoms with Gasteiger partial charge < -0.3 is 0 Å². The fourth-order valence-electron chi connectivity index (χ4n) is 6.85. The summed E-state index contributed by atoms with van der Waals surface area (Å²) in [6, 6.07) is 53.7. The second-order valence-electron chi connectivity index (χ2n) is 11.8. The van der Waals surface area contributed by atoms with Gasteiger partial charge in [0.2, 0.25) is 0 Å². The van der Waals surface area contributed by atoms with Gasteiger partial charge in [-0.1, -0.05) is 133 Å². The number of aromatic nitrogens is 1. The van der Waals surface area contributed by atoms with Crippen LogP contribution < -0.4 is 0 Å². The molecule has 0 aliphatic carbocycles. The Morgan fingerprint density at radius 3 is 2.06 bits per heavy atom. The van der Waals surface area contributed by atoms with Gasteiger partial charge in [0.25, 0.3) is 0 Å². The lowest BCUT2D eigenvalue weighted by Gasteiger charge is -2.16. The van der Waals surface area contributed by atoms with Crippen LogP contribution >= 0.6 is 11.8 Å². The fourth-order valence-corrected chi connectivity index (χ4v) is 7.46. The summed E-state index contributed by atoms with van der Waals surface area (Å²) < 4.78 is 2.37. The van der Waals surface area contributed by atoms with Gasteiger partial charge in [-0.25, -0.2) is 0 Å². The average Bonchev–Trinajstić information content (AvgIpc) is 3.51. The molecule has 0 saturated carbocycles. The van der Waals surface area contributed by atoms with E-state index in [2.05, 4.69) is 156 Å². The summed E-state index contributed by atoms with van der Waals surface area (Å²) in [4.78, 5) is 11.2. The number of benzene rings is 7. The highest BCUT2D eigenvalue weighted by atomic mass is 32.2. The minimum Gasteiger partial charge on any atom is -0.293 e. The van der Waals surface area contributed by atoms with Gasteiger partial charge in [0.15, 0.2) is 0 Å². The summed E-state index contributed by atoms with van der Waals surface area (Å²) in [7, 11) is 0. The van der Waals surface area contributed by atoms with E-state index >= 15 is 0 Å². The van der Waals surface area contributed by atoms with Crippen LogP contribution in [0.5, 0.6) is 0 Å². The lowest BCUT2D eigenvalue weighted by atomic mass is 9.94. The maximum atomic E-state index is 5.40. The summed E-state index contributed by atoms with van der Waals surface area (Å²) in [5.74, 6) is 0.804. The van der Waals surface area contributed by atoms with Crippen molar-refractivity contribution in [2.45, 2.75) is 11.4 Å². The maximum Gasteiger partial charge on any atom is 0.135 e. The lowest BCUT2D eigenvalue weighted by Crippen LogP contribution is -2.11. The molecule has 0 fully saturated rings. The van der Waals surface area contributed by atoms with E-state index < -0.39 is 0 Å². The molecular formula is C44H33N3S. The Bertz CT molecular complexity index is 2530. The van der Waals surface area contributed by atoms with Gasteiger partial charge >= 0.3 is 0 Å². The summed E-state index contributed by atoms with van der Waals surface area (Å²) >= 11 is 1.77. The molecular weight excluding hydrogens is 603 g/mol. The van der Waals surface area contributed by atoms with Crippen molar-refractivity contribution in [2.75, 3.05) is 6.26 Å². The molecule has 0 bridgehead atoms. The van der Waals surface area contributed by atoms with E-state index in [-0.39, 0.29) is 0 Å². The van der Waals surface area contributed by atoms with E-state index in [1.54, 1.807) is 11.8 Å². The highest BCUT2D eigenvalue weighted by Gasteiger charge is 2.23. The average molecular weight is 636 g/mol. The van der Waals surface area contributed by atoms with Crippen molar-refractivity contribution in [3.63, 3.8) is 0 Å². The Morgan fingerprint density at radius 2 is 1.31 bits per heavy atom. The second-order valence-corrected chi connectivity index (χ2v) is 12.6. The molecule has 0 aliphatic heterocycles. The van der Waals surface area contributed by atoms with Gasteiger partial charge in [-0.05, 0) is 63.8 Å². The number of thioether (sulfide) groups is 1. The number of rotatable bonds is 7. The van der Waals surface area contributed by atoms with E-state index in [0.29, 0.717) is 6.54 Å². The number of nitrogens with zero attached hydrogens (tertiary/aromatic N) is 3. The summed E-state index contributed by atoms with van der Waals surface area (Å²) in [5, 5.41) is 7.29. The molecule has 7 aromatic carbocycles. The number of aliphatic imine (C=N–C) groups is 2. The number of hydrogen-bond donors (Lipinski definition) is 0. The monoisotopic (exact) mass is 635 g/mol. The molecule has 0 radical (unpaired) electrons. The Morgan fingerprint density at radius 1 is 0.667 bits per heavy atom. The van der Waals surface area contributed by atoms with Crippen LogP contribution in [0.2, 0.25) is 0 Å². The van der Waals surface area contributed by atoms with E-state index in [9.17, 15) is 0 Å². The van der Waals surface area contributed by atoms with Crippen molar-refractivity contribution < 1.29 is 0 Å². The number of hydrogen-bond acceptors (Lipinski definition) is 3. The zero-order valence-electron chi connectivity index (χ0n) is 26.7. The van der Waals surface area contributed by atoms with Gasteiger partial charge in [-0.3, -0.25) is 14.6 Å². The second kappa shape index (κ2) is 12.8. The third-order valence-electron chi connectivity index (χ3n) is 9.04. The van der Waals surface area contributed by atoms with Crippen molar-refractivity contribution in [3.8, 4) is 11.1 Å². The molecule has 0 spiro atoms. The first kappa shape index (κ1) is 29.7. The molecule has 8 aromatic rings. The molecule has 1 heterocycles. The summed E-state index contributed by atoms with van der Waals surface area (Å²) in [6.07, 6.45) is 4.25. The molecule has 0 aliphatic rings. The van der Waals surface area contributed by atoms with Gasteiger partial charge in [0.1, 0.15) is 5.84 Å². The van der Waals surface area contributed by atoms with Gasteiger partial charge in [-0.15, -0.1) is 11.8 Å². The van der Waals surface area contributed by atoms with Crippen LogP contribution in [-0.4, -0.2) is 23.4 Å². The van der Waals surface area contributed by atoms with Crippen LogP contribution in [0.4, 0.5) is 0 Å². The highest BCUT2D eigenvalue weighted by molar-refractivity contribution is 7.98. The van der Waals surface area contributed by atoms with E-state index in [0.717, 1.165) is 33.7 Å². The van der Waals surface area contributed by atoms with E-state index in [1.165, 1.54) is 48.3 Å². The SMILES string of the molecule is C=N/C(=C\C(=NCc1ccccc1)n1c2ccc3ccccc3c2c2c3ccccc3cc(-c3ccccc3SC)c21)c1ccccc1. The van der Waals surface area contributed by atoms with Crippen LogP contribution in [0.15, 0.2) is 173 Å².